The third-order valence-corrected chi connectivity index (χ3v) is 3.69. The highest BCUT2D eigenvalue weighted by atomic mass is 79.9. The van der Waals surface area contributed by atoms with Crippen LogP contribution in [0.2, 0.25) is 0 Å². The Morgan fingerprint density at radius 2 is 2.13 bits per heavy atom. The molecule has 0 aliphatic rings. The van der Waals surface area contributed by atoms with Gasteiger partial charge in [-0.2, -0.15) is 12.6 Å². The average Bonchev–Trinajstić information content (AvgIpc) is 2.27. The molecule has 0 radical (unpaired) electrons. The first kappa shape index (κ1) is 13.1. The Morgan fingerprint density at radius 1 is 1.40 bits per heavy atom. The zero-order chi connectivity index (χ0) is 11.1. The first-order valence-electron chi connectivity index (χ1n) is 5.20. The van der Waals surface area contributed by atoms with Gasteiger partial charge in [-0.05, 0) is 23.3 Å². The lowest BCUT2D eigenvalue weighted by Gasteiger charge is -2.12. The van der Waals surface area contributed by atoms with E-state index in [1.165, 1.54) is 5.56 Å². The van der Waals surface area contributed by atoms with Crippen molar-refractivity contribution in [2.45, 2.75) is 20.0 Å². The predicted octanol–water partition coefficient (Wildman–Crippen LogP) is 3.92. The van der Waals surface area contributed by atoms with Crippen molar-refractivity contribution in [3.05, 3.63) is 34.3 Å². The highest BCUT2D eigenvalue weighted by Crippen LogP contribution is 2.17. The lowest BCUT2D eigenvalue weighted by atomic mass is 10.1. The fourth-order valence-electron chi connectivity index (χ4n) is 1.25. The van der Waals surface area contributed by atoms with Crippen LogP contribution >= 0.6 is 28.6 Å². The van der Waals surface area contributed by atoms with Gasteiger partial charge in [-0.25, -0.2) is 0 Å². The van der Waals surface area contributed by atoms with Crippen LogP contribution in [-0.4, -0.2) is 12.4 Å². The molecule has 1 atom stereocenters. The lowest BCUT2D eigenvalue weighted by molar-refractivity contribution is 0.0921. The molecular weight excluding hydrogens is 272 g/mol. The molecule has 1 rings (SSSR count). The molecule has 0 N–H and O–H groups in total. The highest BCUT2D eigenvalue weighted by molar-refractivity contribution is 9.10. The molecule has 0 bridgehead atoms. The second-order valence-electron chi connectivity index (χ2n) is 3.56. The summed E-state index contributed by atoms with van der Waals surface area (Å²) in [4.78, 5) is 0. The van der Waals surface area contributed by atoms with Crippen LogP contribution in [0.4, 0.5) is 0 Å². The number of benzene rings is 1. The van der Waals surface area contributed by atoms with Crippen LogP contribution < -0.4 is 0 Å². The van der Waals surface area contributed by atoms with Crippen LogP contribution in [0.15, 0.2) is 28.7 Å². The summed E-state index contributed by atoms with van der Waals surface area (Å²) in [6, 6.07) is 8.15. The van der Waals surface area contributed by atoms with Crippen molar-refractivity contribution in [1.29, 1.82) is 0 Å². The molecule has 1 aromatic rings. The monoisotopic (exact) mass is 288 g/mol. The van der Waals surface area contributed by atoms with Crippen LogP contribution in [0.3, 0.4) is 0 Å². The van der Waals surface area contributed by atoms with Gasteiger partial charge in [0.05, 0.1) is 13.2 Å². The number of thiol groups is 1. The quantitative estimate of drug-likeness (QED) is 0.781. The molecule has 0 aliphatic heterocycles. The van der Waals surface area contributed by atoms with Gasteiger partial charge in [0.25, 0.3) is 0 Å². The van der Waals surface area contributed by atoms with Crippen molar-refractivity contribution in [3.63, 3.8) is 0 Å². The molecule has 15 heavy (non-hydrogen) atoms. The van der Waals surface area contributed by atoms with Gasteiger partial charge in [0.15, 0.2) is 0 Å². The Bertz CT molecular complexity index is 287. The SMILES string of the molecule is CCC(CS)COCc1ccccc1Br. The van der Waals surface area contributed by atoms with E-state index in [1.807, 2.05) is 18.2 Å². The van der Waals surface area contributed by atoms with E-state index >= 15 is 0 Å². The summed E-state index contributed by atoms with van der Waals surface area (Å²) < 4.78 is 6.78. The molecule has 0 aromatic heterocycles. The molecule has 1 unspecified atom stereocenters. The van der Waals surface area contributed by atoms with Gasteiger partial charge in [0.1, 0.15) is 0 Å². The summed E-state index contributed by atoms with van der Waals surface area (Å²) in [5.74, 6) is 1.46. The molecule has 1 nitrogen and oxygen atoms in total. The van der Waals surface area contributed by atoms with Gasteiger partial charge in [-0.3, -0.25) is 0 Å². The second kappa shape index (κ2) is 7.31. The zero-order valence-corrected chi connectivity index (χ0v) is 11.4. The minimum absolute atomic E-state index is 0.566. The van der Waals surface area contributed by atoms with Gasteiger partial charge in [0.2, 0.25) is 0 Å². The summed E-state index contributed by atoms with van der Waals surface area (Å²) in [6.45, 7) is 3.63. The Balaban J connectivity index is 2.34. The molecule has 0 heterocycles. The Labute approximate surface area is 106 Å². The Hall–Kier alpha value is 0.01000. The molecule has 1 aromatic carbocycles. The van der Waals surface area contributed by atoms with Crippen molar-refractivity contribution in [2.24, 2.45) is 5.92 Å². The maximum absolute atomic E-state index is 5.67. The third-order valence-electron chi connectivity index (χ3n) is 2.40. The summed E-state index contributed by atoms with van der Waals surface area (Å²) in [5, 5.41) is 0. The van der Waals surface area contributed by atoms with Gasteiger partial charge in [-0.1, -0.05) is 47.5 Å². The summed E-state index contributed by atoms with van der Waals surface area (Å²) in [6.07, 6.45) is 1.12. The second-order valence-corrected chi connectivity index (χ2v) is 4.78. The van der Waals surface area contributed by atoms with E-state index in [-0.39, 0.29) is 0 Å². The van der Waals surface area contributed by atoms with E-state index in [0.717, 1.165) is 23.3 Å². The Kier molecular flexibility index (Phi) is 6.37. The summed E-state index contributed by atoms with van der Waals surface area (Å²) in [7, 11) is 0. The average molecular weight is 289 g/mol. The molecule has 3 heteroatoms. The fraction of sp³-hybridized carbons (Fsp3) is 0.500. The van der Waals surface area contributed by atoms with Gasteiger partial charge < -0.3 is 4.74 Å². The summed E-state index contributed by atoms with van der Waals surface area (Å²) in [5.41, 5.74) is 1.20. The van der Waals surface area contributed by atoms with E-state index in [1.54, 1.807) is 0 Å². The molecule has 0 spiro atoms. The van der Waals surface area contributed by atoms with Crippen LogP contribution in [0, 0.1) is 5.92 Å². The zero-order valence-electron chi connectivity index (χ0n) is 8.95. The topological polar surface area (TPSA) is 9.23 Å². The van der Waals surface area contributed by atoms with Crippen LogP contribution in [0.25, 0.3) is 0 Å². The van der Waals surface area contributed by atoms with Gasteiger partial charge in [0, 0.05) is 4.47 Å². The molecule has 84 valence electrons. The lowest BCUT2D eigenvalue weighted by Crippen LogP contribution is -2.10. The largest absolute Gasteiger partial charge is 0.376 e. The van der Waals surface area contributed by atoms with Crippen molar-refractivity contribution in [2.75, 3.05) is 12.4 Å². The fourth-order valence-corrected chi connectivity index (χ4v) is 2.01. The predicted molar refractivity (Wildman–Crippen MR) is 71.4 cm³/mol. The van der Waals surface area contributed by atoms with Gasteiger partial charge in [-0.15, -0.1) is 0 Å². The van der Waals surface area contributed by atoms with Crippen LogP contribution in [0.1, 0.15) is 18.9 Å². The molecule has 0 saturated carbocycles. The standard InChI is InChI=1S/C12H17BrOS/c1-2-10(9-15)7-14-8-11-5-3-4-6-12(11)13/h3-6,10,15H,2,7-9H2,1H3. The molecule has 0 saturated heterocycles. The van der Waals surface area contributed by atoms with E-state index in [0.29, 0.717) is 12.5 Å². The van der Waals surface area contributed by atoms with Crippen molar-refractivity contribution >= 4 is 28.6 Å². The number of halogens is 1. The van der Waals surface area contributed by atoms with Crippen molar-refractivity contribution in [3.8, 4) is 0 Å². The number of hydrogen-bond acceptors (Lipinski definition) is 2. The van der Waals surface area contributed by atoms with E-state index in [9.17, 15) is 0 Å². The van der Waals surface area contributed by atoms with Crippen LogP contribution in [0.5, 0.6) is 0 Å². The minimum Gasteiger partial charge on any atom is -0.376 e. The first-order valence-corrected chi connectivity index (χ1v) is 6.62. The highest BCUT2D eigenvalue weighted by Gasteiger charge is 2.04. The van der Waals surface area contributed by atoms with Gasteiger partial charge >= 0.3 is 0 Å². The smallest absolute Gasteiger partial charge is 0.0727 e. The number of hydrogen-bond donors (Lipinski definition) is 1. The van der Waals surface area contributed by atoms with Crippen molar-refractivity contribution in [1.82, 2.24) is 0 Å². The number of rotatable bonds is 6. The third kappa shape index (κ3) is 4.58. The molecular formula is C12H17BrOS. The van der Waals surface area contributed by atoms with E-state index in [4.69, 9.17) is 4.74 Å². The van der Waals surface area contributed by atoms with E-state index in [2.05, 4.69) is 41.5 Å². The maximum atomic E-state index is 5.67. The normalized spacial score (nSPS) is 12.7. The minimum atomic E-state index is 0.566. The Morgan fingerprint density at radius 3 is 2.73 bits per heavy atom. The number of ether oxygens (including phenoxy) is 1. The summed E-state index contributed by atoms with van der Waals surface area (Å²) >= 11 is 7.79. The maximum Gasteiger partial charge on any atom is 0.0727 e. The first-order chi connectivity index (χ1) is 7.27. The van der Waals surface area contributed by atoms with Crippen molar-refractivity contribution < 1.29 is 4.74 Å². The van der Waals surface area contributed by atoms with E-state index < -0.39 is 0 Å². The molecule has 0 fully saturated rings. The molecule has 0 amide bonds. The molecule has 0 aliphatic carbocycles. The van der Waals surface area contributed by atoms with Crippen LogP contribution in [-0.2, 0) is 11.3 Å².